The first-order chi connectivity index (χ1) is 11.4. The van der Waals surface area contributed by atoms with E-state index in [-0.39, 0.29) is 0 Å². The highest BCUT2D eigenvalue weighted by Gasteiger charge is 2.46. The molecule has 2 amide bonds. The molecule has 4 nitrogen and oxygen atoms in total. The molecule has 0 bridgehead atoms. The molecule has 24 heavy (non-hydrogen) atoms. The van der Waals surface area contributed by atoms with Crippen molar-refractivity contribution in [1.29, 1.82) is 0 Å². The fraction of sp³-hybridized carbons (Fsp3) is 0.158. The lowest BCUT2D eigenvalue weighted by molar-refractivity contribution is 0.0792. The number of nitrogens with zero attached hydrogens (tertiary/aromatic N) is 1. The van der Waals surface area contributed by atoms with Crippen LogP contribution in [-0.2, 0) is 4.74 Å². The Kier molecular flexibility index (Phi) is 4.16. The number of carbonyl (C=O) groups excluding carboxylic acids is 2. The normalized spacial score (nSPS) is 17.9. The van der Waals surface area contributed by atoms with E-state index in [2.05, 4.69) is 0 Å². The molecule has 2 aromatic rings. The van der Waals surface area contributed by atoms with Gasteiger partial charge in [-0.1, -0.05) is 41.9 Å². The lowest BCUT2D eigenvalue weighted by atomic mass is 10.0. The van der Waals surface area contributed by atoms with Gasteiger partial charge in [-0.25, -0.2) is 9.69 Å². The monoisotopic (exact) mass is 341 g/mol. The summed E-state index contributed by atoms with van der Waals surface area (Å²) < 4.78 is 5.38. The van der Waals surface area contributed by atoms with Crippen LogP contribution in [0.1, 0.15) is 29.8 Å². The third-order valence-corrected chi connectivity index (χ3v) is 4.03. The van der Waals surface area contributed by atoms with Crippen molar-refractivity contribution in [2.24, 2.45) is 0 Å². The highest BCUT2D eigenvalue weighted by molar-refractivity contribution is 6.30. The number of ether oxygens (including phenoxy) is 1. The van der Waals surface area contributed by atoms with Crippen LogP contribution in [0.4, 0.5) is 4.79 Å². The molecule has 1 saturated heterocycles. The number of cyclic esters (lactones) is 1. The molecule has 1 aliphatic rings. The molecule has 0 radical (unpaired) electrons. The maximum absolute atomic E-state index is 12.8. The van der Waals surface area contributed by atoms with Gasteiger partial charge in [0.1, 0.15) is 5.60 Å². The van der Waals surface area contributed by atoms with Crippen LogP contribution in [0.5, 0.6) is 0 Å². The van der Waals surface area contributed by atoms with Crippen LogP contribution >= 0.6 is 11.6 Å². The third kappa shape index (κ3) is 3.05. The first-order valence-corrected chi connectivity index (χ1v) is 7.86. The predicted molar refractivity (Wildman–Crippen MR) is 92.6 cm³/mol. The van der Waals surface area contributed by atoms with E-state index in [0.717, 1.165) is 10.5 Å². The zero-order valence-electron chi connectivity index (χ0n) is 13.3. The summed E-state index contributed by atoms with van der Waals surface area (Å²) in [6.45, 7) is 3.51. The van der Waals surface area contributed by atoms with Gasteiger partial charge in [0.2, 0.25) is 0 Å². The summed E-state index contributed by atoms with van der Waals surface area (Å²) in [6, 6.07) is 15.8. The van der Waals surface area contributed by atoms with Gasteiger partial charge in [0.15, 0.2) is 0 Å². The lowest BCUT2D eigenvalue weighted by Gasteiger charge is -2.20. The average molecular weight is 342 g/mol. The molecule has 1 heterocycles. The Morgan fingerprint density at radius 2 is 1.71 bits per heavy atom. The van der Waals surface area contributed by atoms with Gasteiger partial charge in [0.05, 0.1) is 5.70 Å². The summed E-state index contributed by atoms with van der Waals surface area (Å²) in [5.41, 5.74) is 0.839. The zero-order valence-corrected chi connectivity index (χ0v) is 14.1. The minimum atomic E-state index is -0.902. The molecule has 122 valence electrons. The number of carbonyl (C=O) groups is 2. The highest BCUT2D eigenvalue weighted by Crippen LogP contribution is 2.35. The standard InChI is InChI=1S/C19H16ClNO3/c1-19(2)16(12-13-8-10-15(20)11-9-13)21(18(23)24-19)17(22)14-6-4-3-5-7-14/h3-12H,1-2H3/b16-12-. The van der Waals surface area contributed by atoms with Gasteiger partial charge in [-0.15, -0.1) is 0 Å². The molecule has 0 unspecified atom stereocenters. The molecular formula is C19H16ClNO3. The van der Waals surface area contributed by atoms with Gasteiger partial charge in [0.25, 0.3) is 5.91 Å². The predicted octanol–water partition coefficient (Wildman–Crippen LogP) is 4.75. The number of amides is 2. The molecule has 0 spiro atoms. The van der Waals surface area contributed by atoms with Crippen molar-refractivity contribution in [3.63, 3.8) is 0 Å². The Hall–Kier alpha value is -2.59. The van der Waals surface area contributed by atoms with Gasteiger partial charge in [-0.2, -0.15) is 0 Å². The van der Waals surface area contributed by atoms with Gasteiger partial charge >= 0.3 is 6.09 Å². The lowest BCUT2D eigenvalue weighted by Crippen LogP contribution is -2.32. The Bertz CT molecular complexity index is 810. The maximum Gasteiger partial charge on any atom is 0.422 e. The first-order valence-electron chi connectivity index (χ1n) is 7.49. The molecule has 1 fully saturated rings. The number of halogens is 1. The first kappa shape index (κ1) is 16.3. The van der Waals surface area contributed by atoms with E-state index in [0.29, 0.717) is 16.3 Å². The number of benzene rings is 2. The SMILES string of the molecule is CC1(C)OC(=O)N(C(=O)c2ccccc2)/C1=C\c1ccc(Cl)cc1. The van der Waals surface area contributed by atoms with Crippen LogP contribution in [0.3, 0.4) is 0 Å². The zero-order chi connectivity index (χ0) is 17.3. The average Bonchev–Trinajstić information content (AvgIpc) is 2.78. The molecule has 1 aliphatic heterocycles. The van der Waals surface area contributed by atoms with Crippen molar-refractivity contribution in [1.82, 2.24) is 4.90 Å². The number of rotatable bonds is 2. The fourth-order valence-corrected chi connectivity index (χ4v) is 2.67. The summed E-state index contributed by atoms with van der Waals surface area (Å²) in [5.74, 6) is -0.411. The summed E-state index contributed by atoms with van der Waals surface area (Å²) in [5, 5.41) is 0.618. The second-order valence-corrected chi connectivity index (χ2v) is 6.40. The molecule has 0 aromatic heterocycles. The number of hydrogen-bond donors (Lipinski definition) is 0. The number of hydrogen-bond acceptors (Lipinski definition) is 3. The van der Waals surface area contributed by atoms with Crippen LogP contribution in [-0.4, -0.2) is 22.5 Å². The van der Waals surface area contributed by atoms with Gasteiger partial charge in [0, 0.05) is 10.6 Å². The quantitative estimate of drug-likeness (QED) is 0.791. The van der Waals surface area contributed by atoms with Crippen molar-refractivity contribution < 1.29 is 14.3 Å². The van der Waals surface area contributed by atoms with Crippen molar-refractivity contribution in [2.45, 2.75) is 19.4 Å². The van der Waals surface area contributed by atoms with Crippen molar-refractivity contribution in [3.8, 4) is 0 Å². The summed E-state index contributed by atoms with van der Waals surface area (Å²) in [4.78, 5) is 26.1. The van der Waals surface area contributed by atoms with Crippen LogP contribution in [0, 0.1) is 0 Å². The van der Waals surface area contributed by atoms with E-state index < -0.39 is 17.6 Å². The molecule has 0 N–H and O–H groups in total. The fourth-order valence-electron chi connectivity index (χ4n) is 2.54. The van der Waals surface area contributed by atoms with Crippen LogP contribution < -0.4 is 0 Å². The molecule has 0 atom stereocenters. The minimum absolute atomic E-state index is 0.411. The van der Waals surface area contributed by atoms with E-state index in [1.165, 1.54) is 0 Å². The van der Waals surface area contributed by atoms with Gasteiger partial charge < -0.3 is 4.74 Å². The molecule has 5 heteroatoms. The molecular weight excluding hydrogens is 326 g/mol. The van der Waals surface area contributed by atoms with Gasteiger partial charge in [-0.05, 0) is 49.8 Å². The van der Waals surface area contributed by atoms with E-state index in [1.807, 2.05) is 18.2 Å². The topological polar surface area (TPSA) is 46.6 Å². The van der Waals surface area contributed by atoms with E-state index in [9.17, 15) is 9.59 Å². The third-order valence-electron chi connectivity index (χ3n) is 3.78. The summed E-state index contributed by atoms with van der Waals surface area (Å²) >= 11 is 5.90. The smallest absolute Gasteiger partial charge is 0.422 e. The van der Waals surface area contributed by atoms with Crippen LogP contribution in [0.25, 0.3) is 6.08 Å². The second kappa shape index (κ2) is 6.13. The molecule has 0 aliphatic carbocycles. The van der Waals surface area contributed by atoms with Crippen LogP contribution in [0.15, 0.2) is 60.3 Å². The van der Waals surface area contributed by atoms with E-state index >= 15 is 0 Å². The number of imide groups is 1. The Morgan fingerprint density at radius 1 is 1.08 bits per heavy atom. The Balaban J connectivity index is 2.04. The summed E-state index contributed by atoms with van der Waals surface area (Å²) in [7, 11) is 0. The van der Waals surface area contributed by atoms with Gasteiger partial charge in [-0.3, -0.25) is 4.79 Å². The largest absolute Gasteiger partial charge is 0.436 e. The second-order valence-electron chi connectivity index (χ2n) is 5.97. The van der Waals surface area contributed by atoms with Crippen molar-refractivity contribution in [2.75, 3.05) is 0 Å². The van der Waals surface area contributed by atoms with Crippen LogP contribution in [0.2, 0.25) is 5.02 Å². The van der Waals surface area contributed by atoms with Crippen molar-refractivity contribution >= 4 is 29.7 Å². The molecule has 3 rings (SSSR count). The Morgan fingerprint density at radius 3 is 2.33 bits per heavy atom. The van der Waals surface area contributed by atoms with E-state index in [4.69, 9.17) is 16.3 Å². The van der Waals surface area contributed by atoms with Crippen molar-refractivity contribution in [3.05, 3.63) is 76.4 Å². The molecule has 0 saturated carbocycles. The molecule has 2 aromatic carbocycles. The highest BCUT2D eigenvalue weighted by atomic mass is 35.5. The minimum Gasteiger partial charge on any atom is -0.436 e. The maximum atomic E-state index is 12.8. The van der Waals surface area contributed by atoms with E-state index in [1.54, 1.807) is 56.3 Å². The Labute approximate surface area is 145 Å². The summed E-state index contributed by atoms with van der Waals surface area (Å²) in [6.07, 6.45) is 1.09.